The zero-order chi connectivity index (χ0) is 16.1. The quantitative estimate of drug-likeness (QED) is 0.847. The number of halogens is 2. The van der Waals surface area contributed by atoms with Gasteiger partial charge in [0.25, 0.3) is 5.91 Å². The van der Waals surface area contributed by atoms with Gasteiger partial charge in [-0.1, -0.05) is 18.2 Å². The lowest BCUT2D eigenvalue weighted by Crippen LogP contribution is -2.26. The molecule has 0 bridgehead atoms. The maximum atomic E-state index is 13.6. The summed E-state index contributed by atoms with van der Waals surface area (Å²) in [7, 11) is 3.18. The molecule has 0 unspecified atom stereocenters. The number of rotatable bonds is 5. The molecule has 22 heavy (non-hydrogen) atoms. The highest BCUT2D eigenvalue weighted by Gasteiger charge is 2.14. The number of methoxy groups -OCH3 is 1. The molecule has 2 aromatic carbocycles. The van der Waals surface area contributed by atoms with Crippen LogP contribution in [0.25, 0.3) is 0 Å². The predicted molar refractivity (Wildman–Crippen MR) is 79.3 cm³/mol. The molecule has 2 rings (SSSR count). The Morgan fingerprint density at radius 2 is 1.82 bits per heavy atom. The minimum atomic E-state index is -0.657. The first-order valence-corrected chi connectivity index (χ1v) is 6.78. The second kappa shape index (κ2) is 7.13. The van der Waals surface area contributed by atoms with E-state index in [9.17, 15) is 13.6 Å². The fraction of sp³-hybridized carbons (Fsp3) is 0.235. The Kier molecular flexibility index (Phi) is 5.22. The number of carbonyl (C=O) groups is 1. The van der Waals surface area contributed by atoms with Crippen molar-refractivity contribution in [2.75, 3.05) is 14.2 Å². The van der Waals surface area contributed by atoms with Crippen molar-refractivity contribution >= 4 is 5.91 Å². The van der Waals surface area contributed by atoms with Gasteiger partial charge in [-0.15, -0.1) is 0 Å². The molecule has 0 fully saturated rings. The molecule has 0 heterocycles. The average Bonchev–Trinajstić information content (AvgIpc) is 2.50. The summed E-state index contributed by atoms with van der Waals surface area (Å²) >= 11 is 0. The maximum Gasteiger partial charge on any atom is 0.253 e. The van der Waals surface area contributed by atoms with Crippen molar-refractivity contribution in [3.05, 3.63) is 70.8 Å². The Morgan fingerprint density at radius 1 is 1.14 bits per heavy atom. The second-order valence-electron chi connectivity index (χ2n) is 5.03. The summed E-state index contributed by atoms with van der Waals surface area (Å²) in [4.78, 5) is 13.7. The molecule has 3 nitrogen and oxygen atoms in total. The molecule has 0 N–H and O–H groups in total. The van der Waals surface area contributed by atoms with Gasteiger partial charge < -0.3 is 9.64 Å². The van der Waals surface area contributed by atoms with Crippen LogP contribution in [0.2, 0.25) is 0 Å². The van der Waals surface area contributed by atoms with Crippen molar-refractivity contribution in [1.29, 1.82) is 0 Å². The molecule has 2 aromatic rings. The van der Waals surface area contributed by atoms with Crippen molar-refractivity contribution < 1.29 is 18.3 Å². The van der Waals surface area contributed by atoms with Gasteiger partial charge in [-0.05, 0) is 23.8 Å². The number of hydrogen-bond donors (Lipinski definition) is 0. The number of benzene rings is 2. The van der Waals surface area contributed by atoms with E-state index >= 15 is 0 Å². The fourth-order valence-electron chi connectivity index (χ4n) is 2.11. The molecule has 1 amide bonds. The Balaban J connectivity index is 2.08. The summed E-state index contributed by atoms with van der Waals surface area (Å²) in [5.41, 5.74) is 1.74. The zero-order valence-electron chi connectivity index (χ0n) is 12.5. The summed E-state index contributed by atoms with van der Waals surface area (Å²) < 4.78 is 31.5. The Hall–Kier alpha value is -2.27. The van der Waals surface area contributed by atoms with Crippen LogP contribution in [0.5, 0.6) is 0 Å². The number of amides is 1. The number of carbonyl (C=O) groups excluding carboxylic acids is 1. The molecule has 0 aliphatic heterocycles. The van der Waals surface area contributed by atoms with Crippen LogP contribution in [-0.4, -0.2) is 25.0 Å². The van der Waals surface area contributed by atoms with Crippen molar-refractivity contribution in [2.24, 2.45) is 0 Å². The Morgan fingerprint density at radius 3 is 2.41 bits per heavy atom. The van der Waals surface area contributed by atoms with E-state index in [-0.39, 0.29) is 18.0 Å². The zero-order valence-corrected chi connectivity index (χ0v) is 12.5. The molecule has 0 spiro atoms. The summed E-state index contributed by atoms with van der Waals surface area (Å²) in [5, 5.41) is 0. The second-order valence-corrected chi connectivity index (χ2v) is 5.03. The highest BCUT2D eigenvalue weighted by Crippen LogP contribution is 2.14. The van der Waals surface area contributed by atoms with Crippen LogP contribution >= 0.6 is 0 Å². The lowest BCUT2D eigenvalue weighted by molar-refractivity contribution is 0.0783. The van der Waals surface area contributed by atoms with Gasteiger partial charge in [0, 0.05) is 37.9 Å². The number of ether oxygens (including phenoxy) is 1. The number of hydrogen-bond acceptors (Lipinski definition) is 2. The topological polar surface area (TPSA) is 29.5 Å². The lowest BCUT2D eigenvalue weighted by atomic mass is 10.1. The van der Waals surface area contributed by atoms with E-state index in [4.69, 9.17) is 4.74 Å². The smallest absolute Gasteiger partial charge is 0.253 e. The van der Waals surface area contributed by atoms with E-state index in [2.05, 4.69) is 0 Å². The maximum absolute atomic E-state index is 13.6. The van der Waals surface area contributed by atoms with Crippen molar-refractivity contribution in [3.8, 4) is 0 Å². The van der Waals surface area contributed by atoms with Gasteiger partial charge in [0.15, 0.2) is 0 Å². The molecule has 5 heteroatoms. The lowest BCUT2D eigenvalue weighted by Gasteiger charge is -2.18. The predicted octanol–water partition coefficient (Wildman–Crippen LogP) is 3.38. The molecule has 0 aromatic heterocycles. The molecule has 0 radical (unpaired) electrons. The van der Waals surface area contributed by atoms with Crippen LogP contribution < -0.4 is 0 Å². The first-order valence-electron chi connectivity index (χ1n) is 6.78. The van der Waals surface area contributed by atoms with Gasteiger partial charge in [0.1, 0.15) is 11.6 Å². The van der Waals surface area contributed by atoms with E-state index in [1.807, 2.05) is 12.1 Å². The third-order valence-electron chi connectivity index (χ3n) is 3.28. The first kappa shape index (κ1) is 16.1. The highest BCUT2D eigenvalue weighted by atomic mass is 19.1. The summed E-state index contributed by atoms with van der Waals surface area (Å²) in [5.74, 6) is -1.52. The molecular weight excluding hydrogens is 288 g/mol. The van der Waals surface area contributed by atoms with E-state index in [1.54, 1.807) is 26.3 Å². The third-order valence-corrected chi connectivity index (χ3v) is 3.28. The Bertz CT molecular complexity index is 656. The minimum absolute atomic E-state index is 0.0742. The van der Waals surface area contributed by atoms with Crippen molar-refractivity contribution in [2.45, 2.75) is 13.2 Å². The molecular formula is C17H17F2NO2. The average molecular weight is 305 g/mol. The summed E-state index contributed by atoms with van der Waals surface area (Å²) in [6.45, 7) is 0.551. The molecule has 0 aliphatic carbocycles. The van der Waals surface area contributed by atoms with Gasteiger partial charge in [-0.3, -0.25) is 4.79 Å². The Labute approximate surface area is 128 Å². The summed E-state index contributed by atoms with van der Waals surface area (Å²) in [6.07, 6.45) is 0. The van der Waals surface area contributed by atoms with Crippen LogP contribution in [0.4, 0.5) is 8.78 Å². The van der Waals surface area contributed by atoms with Gasteiger partial charge in [0.2, 0.25) is 0 Å². The third kappa shape index (κ3) is 3.89. The molecule has 116 valence electrons. The van der Waals surface area contributed by atoms with E-state index in [0.29, 0.717) is 12.2 Å². The molecule has 0 aliphatic rings. The largest absolute Gasteiger partial charge is 0.380 e. The monoisotopic (exact) mass is 305 g/mol. The first-order chi connectivity index (χ1) is 10.5. The van der Waals surface area contributed by atoms with Crippen LogP contribution in [0.3, 0.4) is 0 Å². The minimum Gasteiger partial charge on any atom is -0.380 e. The molecule has 0 atom stereocenters. The van der Waals surface area contributed by atoms with Gasteiger partial charge >= 0.3 is 0 Å². The summed E-state index contributed by atoms with van der Waals surface area (Å²) in [6, 6.07) is 10.4. The molecule has 0 saturated carbocycles. The van der Waals surface area contributed by atoms with Crippen molar-refractivity contribution in [1.82, 2.24) is 4.90 Å². The normalized spacial score (nSPS) is 10.5. The SMILES string of the molecule is COCc1ccc(C(=O)N(C)Cc2ccc(F)cc2F)cc1. The number of nitrogens with zero attached hydrogens (tertiary/aromatic N) is 1. The van der Waals surface area contributed by atoms with E-state index in [0.717, 1.165) is 11.6 Å². The fourth-order valence-corrected chi connectivity index (χ4v) is 2.11. The van der Waals surface area contributed by atoms with Crippen LogP contribution in [0.1, 0.15) is 21.5 Å². The van der Waals surface area contributed by atoms with Gasteiger partial charge in [-0.2, -0.15) is 0 Å². The molecule has 0 saturated heterocycles. The van der Waals surface area contributed by atoms with E-state index in [1.165, 1.54) is 17.0 Å². The van der Waals surface area contributed by atoms with Crippen molar-refractivity contribution in [3.63, 3.8) is 0 Å². The van der Waals surface area contributed by atoms with Crippen LogP contribution in [0, 0.1) is 11.6 Å². The van der Waals surface area contributed by atoms with Crippen LogP contribution in [-0.2, 0) is 17.9 Å². The standard InChI is InChI=1S/C17H17F2NO2/c1-20(10-14-7-8-15(18)9-16(14)19)17(21)13-5-3-12(4-6-13)11-22-2/h3-9H,10-11H2,1-2H3. The van der Waals surface area contributed by atoms with Crippen LogP contribution in [0.15, 0.2) is 42.5 Å². The van der Waals surface area contributed by atoms with Gasteiger partial charge in [-0.25, -0.2) is 8.78 Å². The van der Waals surface area contributed by atoms with E-state index < -0.39 is 11.6 Å². The highest BCUT2D eigenvalue weighted by molar-refractivity contribution is 5.94. The van der Waals surface area contributed by atoms with Gasteiger partial charge in [0.05, 0.1) is 6.61 Å².